The average Bonchev–Trinajstić information content (AvgIpc) is 2.98. The molecule has 2 aromatic rings. The largest absolute Gasteiger partial charge is 0.336 e. The van der Waals surface area contributed by atoms with E-state index in [1.807, 2.05) is 47.0 Å². The third-order valence-corrected chi connectivity index (χ3v) is 3.94. The van der Waals surface area contributed by atoms with Crippen LogP contribution in [-0.2, 0) is 0 Å². The highest BCUT2D eigenvalue weighted by molar-refractivity contribution is 7.99. The highest BCUT2D eigenvalue weighted by Crippen LogP contribution is 2.12. The van der Waals surface area contributed by atoms with Gasteiger partial charge in [0, 0.05) is 24.6 Å². The van der Waals surface area contributed by atoms with Gasteiger partial charge in [0.25, 0.3) is 5.91 Å². The molecule has 0 unspecified atom stereocenters. The lowest BCUT2D eigenvalue weighted by Crippen LogP contribution is -2.38. The molecule has 1 aliphatic heterocycles. The van der Waals surface area contributed by atoms with E-state index in [9.17, 15) is 4.79 Å². The molecule has 1 aromatic heterocycles. The highest BCUT2D eigenvalue weighted by Gasteiger charge is 2.21. The van der Waals surface area contributed by atoms with Crippen LogP contribution in [0.25, 0.3) is 5.69 Å². The van der Waals surface area contributed by atoms with Crippen LogP contribution in [0.5, 0.6) is 0 Å². The predicted octanol–water partition coefficient (Wildman–Crippen LogP) is 1.46. The van der Waals surface area contributed by atoms with E-state index in [4.69, 9.17) is 0 Å². The molecule has 3 rings (SSSR count). The number of carbonyl (C=O) groups excluding carboxylic acids is 1. The Balaban J connectivity index is 1.79. The number of benzene rings is 1. The van der Waals surface area contributed by atoms with Gasteiger partial charge in [-0.15, -0.1) is 5.10 Å². The number of carbonyl (C=O) groups is 1. The van der Waals surface area contributed by atoms with Crippen molar-refractivity contribution in [2.24, 2.45) is 0 Å². The molecule has 98 valence electrons. The maximum atomic E-state index is 12.2. The molecule has 0 bridgehead atoms. The minimum absolute atomic E-state index is 0.0255. The number of nitrogens with zero attached hydrogens (tertiary/aromatic N) is 4. The molecule has 2 heterocycles. The van der Waals surface area contributed by atoms with Crippen LogP contribution in [-0.4, -0.2) is 50.4 Å². The lowest BCUT2D eigenvalue weighted by molar-refractivity contribution is 0.0766. The van der Waals surface area contributed by atoms with Crippen LogP contribution in [0, 0.1) is 0 Å². The van der Waals surface area contributed by atoms with Crippen LogP contribution in [0.3, 0.4) is 0 Å². The van der Waals surface area contributed by atoms with Crippen molar-refractivity contribution < 1.29 is 4.79 Å². The second-order valence-electron chi connectivity index (χ2n) is 4.26. The van der Waals surface area contributed by atoms with E-state index < -0.39 is 0 Å². The van der Waals surface area contributed by atoms with Gasteiger partial charge in [-0.3, -0.25) is 4.79 Å². The predicted molar refractivity (Wildman–Crippen MR) is 74.6 cm³/mol. The summed E-state index contributed by atoms with van der Waals surface area (Å²) in [6.07, 6.45) is 1.54. The van der Waals surface area contributed by atoms with Gasteiger partial charge in [-0.1, -0.05) is 18.2 Å². The van der Waals surface area contributed by atoms with E-state index in [-0.39, 0.29) is 5.91 Å². The molecular weight excluding hydrogens is 260 g/mol. The molecule has 1 saturated heterocycles. The normalized spacial score (nSPS) is 15.5. The van der Waals surface area contributed by atoms with Crippen molar-refractivity contribution >= 4 is 17.7 Å². The highest BCUT2D eigenvalue weighted by atomic mass is 32.2. The lowest BCUT2D eigenvalue weighted by atomic mass is 10.3. The molecule has 0 radical (unpaired) electrons. The second-order valence-corrected chi connectivity index (χ2v) is 5.48. The summed E-state index contributed by atoms with van der Waals surface area (Å²) >= 11 is 1.88. The number of hydrogen-bond donors (Lipinski definition) is 0. The summed E-state index contributed by atoms with van der Waals surface area (Å²) in [5, 5.41) is 8.42. The first-order chi connectivity index (χ1) is 9.34. The van der Waals surface area contributed by atoms with Crippen LogP contribution in [0.2, 0.25) is 0 Å². The van der Waals surface area contributed by atoms with Crippen LogP contribution < -0.4 is 0 Å². The molecule has 6 heteroatoms. The first-order valence-electron chi connectivity index (χ1n) is 6.19. The molecule has 1 amide bonds. The summed E-state index contributed by atoms with van der Waals surface area (Å²) in [4.78, 5) is 15.6. The topological polar surface area (TPSA) is 51.0 Å². The van der Waals surface area contributed by atoms with Gasteiger partial charge in [-0.05, 0) is 12.1 Å². The summed E-state index contributed by atoms with van der Waals surface area (Å²) in [6, 6.07) is 9.59. The molecule has 0 saturated carbocycles. The molecule has 1 aromatic carbocycles. The van der Waals surface area contributed by atoms with Gasteiger partial charge in [0.1, 0.15) is 0 Å². The van der Waals surface area contributed by atoms with Crippen molar-refractivity contribution in [1.29, 1.82) is 0 Å². The maximum absolute atomic E-state index is 12.2. The van der Waals surface area contributed by atoms with Crippen molar-refractivity contribution in [2.45, 2.75) is 0 Å². The Kier molecular flexibility index (Phi) is 3.50. The number of hydrogen-bond acceptors (Lipinski definition) is 4. The van der Waals surface area contributed by atoms with Crippen LogP contribution >= 0.6 is 11.8 Å². The van der Waals surface area contributed by atoms with Crippen molar-refractivity contribution in [3.05, 3.63) is 42.2 Å². The first kappa shape index (κ1) is 12.2. The molecule has 19 heavy (non-hydrogen) atoms. The zero-order chi connectivity index (χ0) is 13.1. The number of aromatic nitrogens is 3. The fraction of sp³-hybridized carbons (Fsp3) is 0.308. The van der Waals surface area contributed by atoms with Crippen molar-refractivity contribution in [3.63, 3.8) is 0 Å². The summed E-state index contributed by atoms with van der Waals surface area (Å²) in [5.74, 6) is 1.97. The monoisotopic (exact) mass is 274 g/mol. The summed E-state index contributed by atoms with van der Waals surface area (Å²) in [7, 11) is 0. The van der Waals surface area contributed by atoms with Crippen molar-refractivity contribution in [1.82, 2.24) is 19.9 Å². The summed E-state index contributed by atoms with van der Waals surface area (Å²) in [5.41, 5.74) is 1.27. The van der Waals surface area contributed by atoms with Crippen LogP contribution in [0.4, 0.5) is 0 Å². The third-order valence-electron chi connectivity index (χ3n) is 3.00. The maximum Gasteiger partial charge on any atom is 0.276 e. The smallest absolute Gasteiger partial charge is 0.276 e. The Bertz CT molecular complexity index is 563. The molecule has 0 N–H and O–H groups in total. The minimum Gasteiger partial charge on any atom is -0.336 e. The van der Waals surface area contributed by atoms with Crippen LogP contribution in [0.1, 0.15) is 10.5 Å². The first-order valence-corrected chi connectivity index (χ1v) is 7.35. The fourth-order valence-electron chi connectivity index (χ4n) is 1.98. The van der Waals surface area contributed by atoms with Gasteiger partial charge in [-0.2, -0.15) is 21.7 Å². The Morgan fingerprint density at radius 3 is 2.63 bits per heavy atom. The molecule has 0 atom stereocenters. The molecule has 5 nitrogen and oxygen atoms in total. The molecule has 1 aliphatic rings. The van der Waals surface area contributed by atoms with Gasteiger partial charge >= 0.3 is 0 Å². The second kappa shape index (κ2) is 5.44. The Hall–Kier alpha value is -1.82. The summed E-state index contributed by atoms with van der Waals surface area (Å²) < 4.78 is 0. The Labute approximate surface area is 115 Å². The van der Waals surface area contributed by atoms with E-state index in [0.29, 0.717) is 5.69 Å². The van der Waals surface area contributed by atoms with E-state index in [2.05, 4.69) is 10.2 Å². The minimum atomic E-state index is -0.0255. The average molecular weight is 274 g/mol. The zero-order valence-corrected chi connectivity index (χ0v) is 11.2. The van der Waals surface area contributed by atoms with E-state index in [0.717, 1.165) is 30.3 Å². The van der Waals surface area contributed by atoms with Gasteiger partial charge in [0.2, 0.25) is 0 Å². The van der Waals surface area contributed by atoms with Crippen LogP contribution in [0.15, 0.2) is 36.5 Å². The number of para-hydroxylation sites is 1. The van der Waals surface area contributed by atoms with Gasteiger partial charge in [-0.25, -0.2) is 0 Å². The van der Waals surface area contributed by atoms with E-state index >= 15 is 0 Å². The SMILES string of the molecule is O=C(c1cnn(-c2ccccc2)n1)N1CCSCC1. The Morgan fingerprint density at radius 1 is 1.16 bits per heavy atom. The molecule has 0 aliphatic carbocycles. The Morgan fingerprint density at radius 2 is 1.89 bits per heavy atom. The van der Waals surface area contributed by atoms with Gasteiger partial charge < -0.3 is 4.90 Å². The third kappa shape index (κ3) is 2.63. The number of amides is 1. The molecular formula is C13H14N4OS. The fourth-order valence-corrected chi connectivity index (χ4v) is 2.88. The van der Waals surface area contributed by atoms with Gasteiger partial charge in [0.15, 0.2) is 5.69 Å². The summed E-state index contributed by atoms with van der Waals surface area (Å²) in [6.45, 7) is 1.59. The molecule has 0 spiro atoms. The molecule has 1 fully saturated rings. The lowest BCUT2D eigenvalue weighted by Gasteiger charge is -2.25. The zero-order valence-electron chi connectivity index (χ0n) is 10.4. The van der Waals surface area contributed by atoms with Gasteiger partial charge in [0.05, 0.1) is 11.9 Å². The van der Waals surface area contributed by atoms with Crippen molar-refractivity contribution in [2.75, 3.05) is 24.6 Å². The van der Waals surface area contributed by atoms with Crippen molar-refractivity contribution in [3.8, 4) is 5.69 Å². The number of rotatable bonds is 2. The standard InChI is InChI=1S/C13H14N4OS/c18-13(16-6-8-19-9-7-16)12-10-14-17(15-12)11-4-2-1-3-5-11/h1-5,10H,6-9H2. The quantitative estimate of drug-likeness (QED) is 0.832. The van der Waals surface area contributed by atoms with E-state index in [1.165, 1.54) is 11.0 Å². The number of thioether (sulfide) groups is 1. The van der Waals surface area contributed by atoms with E-state index in [1.54, 1.807) is 0 Å².